The molecule has 0 aliphatic carbocycles. The van der Waals surface area contributed by atoms with Gasteiger partial charge < -0.3 is 15.0 Å². The van der Waals surface area contributed by atoms with Gasteiger partial charge in [-0.3, -0.25) is 4.79 Å². The fourth-order valence-electron chi connectivity index (χ4n) is 2.03. The first kappa shape index (κ1) is 14.1. The van der Waals surface area contributed by atoms with Crippen LogP contribution in [-0.2, 0) is 4.79 Å². The molecule has 0 saturated carbocycles. The fraction of sp³-hybridized carbons (Fsp3) is 0.462. The number of hydrogen-bond acceptors (Lipinski definition) is 3. The lowest BCUT2D eigenvalue weighted by molar-refractivity contribution is -0.136. The number of nitrogens with zero attached hydrogens (tertiary/aromatic N) is 1. The van der Waals surface area contributed by atoms with Crippen LogP contribution >= 0.6 is 11.6 Å². The Balaban J connectivity index is 1.92. The molecule has 1 aromatic carbocycles. The molecule has 1 fully saturated rings. The normalized spacial score (nSPS) is 19.3. The minimum atomic E-state index is -0.431. The van der Waals surface area contributed by atoms with E-state index in [4.69, 9.17) is 16.3 Å². The Morgan fingerprint density at radius 1 is 1.63 bits per heavy atom. The van der Waals surface area contributed by atoms with E-state index in [0.29, 0.717) is 12.3 Å². The van der Waals surface area contributed by atoms with Crippen LogP contribution in [0.25, 0.3) is 0 Å². The summed E-state index contributed by atoms with van der Waals surface area (Å²) in [4.78, 5) is 13.8. The largest absolute Gasteiger partial charge is 0.482 e. The molecule has 1 atom stereocenters. The molecule has 1 aromatic rings. The lowest BCUT2D eigenvalue weighted by atomic mass is 10.2. The van der Waals surface area contributed by atoms with E-state index in [2.05, 4.69) is 5.32 Å². The van der Waals surface area contributed by atoms with E-state index in [1.54, 1.807) is 4.90 Å². The third kappa shape index (κ3) is 3.58. The van der Waals surface area contributed by atoms with Crippen LogP contribution in [0.3, 0.4) is 0 Å². The van der Waals surface area contributed by atoms with E-state index in [-0.39, 0.29) is 23.6 Å². The molecule has 1 N–H and O–H groups in total. The molecule has 1 aliphatic rings. The van der Waals surface area contributed by atoms with Gasteiger partial charge in [0, 0.05) is 25.7 Å². The molecule has 1 saturated heterocycles. The first-order valence-electron chi connectivity index (χ1n) is 6.16. The second-order valence-electron chi connectivity index (χ2n) is 4.50. The van der Waals surface area contributed by atoms with Crippen LogP contribution in [0.4, 0.5) is 4.39 Å². The number of piperazine rings is 1. The van der Waals surface area contributed by atoms with Gasteiger partial charge in [-0.15, -0.1) is 0 Å². The predicted molar refractivity (Wildman–Crippen MR) is 70.9 cm³/mol. The number of hydrogen-bond donors (Lipinski definition) is 1. The Morgan fingerprint density at radius 3 is 3.11 bits per heavy atom. The van der Waals surface area contributed by atoms with Crippen molar-refractivity contribution >= 4 is 17.5 Å². The summed E-state index contributed by atoms with van der Waals surface area (Å²) in [6.07, 6.45) is 0. The maximum Gasteiger partial charge on any atom is 0.260 e. The zero-order valence-corrected chi connectivity index (χ0v) is 11.4. The molecule has 2 rings (SSSR count). The van der Waals surface area contributed by atoms with Crippen molar-refractivity contribution in [3.05, 3.63) is 29.0 Å². The molecule has 0 bridgehead atoms. The highest BCUT2D eigenvalue weighted by Crippen LogP contribution is 2.24. The van der Waals surface area contributed by atoms with Crippen LogP contribution < -0.4 is 10.1 Å². The highest BCUT2D eigenvalue weighted by atomic mass is 35.5. The SMILES string of the molecule is CC1CNCCN1C(=O)COc1ccc(F)cc1Cl. The number of carbonyl (C=O) groups excluding carboxylic acids is 1. The summed E-state index contributed by atoms with van der Waals surface area (Å²) in [5.74, 6) is -0.201. The van der Waals surface area contributed by atoms with E-state index in [1.807, 2.05) is 6.92 Å². The maximum absolute atomic E-state index is 12.9. The lowest BCUT2D eigenvalue weighted by Gasteiger charge is -2.33. The summed E-state index contributed by atoms with van der Waals surface area (Å²) < 4.78 is 18.2. The molecular formula is C13H16ClFN2O2. The molecule has 104 valence electrons. The van der Waals surface area contributed by atoms with E-state index >= 15 is 0 Å². The van der Waals surface area contributed by atoms with Crippen molar-refractivity contribution in [3.63, 3.8) is 0 Å². The smallest absolute Gasteiger partial charge is 0.260 e. The van der Waals surface area contributed by atoms with Gasteiger partial charge in [0.2, 0.25) is 0 Å². The number of ether oxygens (including phenoxy) is 1. The third-order valence-electron chi connectivity index (χ3n) is 3.07. The molecule has 6 heteroatoms. The summed E-state index contributed by atoms with van der Waals surface area (Å²) in [7, 11) is 0. The van der Waals surface area contributed by atoms with E-state index < -0.39 is 5.82 Å². The number of benzene rings is 1. The van der Waals surface area contributed by atoms with Gasteiger partial charge in [-0.25, -0.2) is 4.39 Å². The van der Waals surface area contributed by atoms with E-state index in [9.17, 15) is 9.18 Å². The van der Waals surface area contributed by atoms with Crippen molar-refractivity contribution in [1.82, 2.24) is 10.2 Å². The highest BCUT2D eigenvalue weighted by Gasteiger charge is 2.23. The van der Waals surface area contributed by atoms with Crippen molar-refractivity contribution in [2.24, 2.45) is 0 Å². The topological polar surface area (TPSA) is 41.6 Å². The van der Waals surface area contributed by atoms with Crippen LogP contribution in [-0.4, -0.2) is 43.1 Å². The predicted octanol–water partition coefficient (Wildman–Crippen LogP) is 1.68. The summed E-state index contributed by atoms with van der Waals surface area (Å²) in [5, 5.41) is 3.38. The molecule has 0 spiro atoms. The van der Waals surface area contributed by atoms with Gasteiger partial charge >= 0.3 is 0 Å². The van der Waals surface area contributed by atoms with Crippen LogP contribution in [0, 0.1) is 5.82 Å². The Morgan fingerprint density at radius 2 is 2.42 bits per heavy atom. The average molecular weight is 287 g/mol. The van der Waals surface area contributed by atoms with E-state index in [1.165, 1.54) is 12.1 Å². The molecule has 1 aliphatic heterocycles. The zero-order chi connectivity index (χ0) is 13.8. The van der Waals surface area contributed by atoms with Gasteiger partial charge in [0.25, 0.3) is 5.91 Å². The third-order valence-corrected chi connectivity index (χ3v) is 3.36. The Labute approximate surface area is 116 Å². The number of halogens is 2. The van der Waals surface area contributed by atoms with Crippen LogP contribution in [0.15, 0.2) is 18.2 Å². The molecule has 1 amide bonds. The highest BCUT2D eigenvalue weighted by molar-refractivity contribution is 6.32. The van der Waals surface area contributed by atoms with Gasteiger partial charge in [-0.1, -0.05) is 11.6 Å². The molecule has 19 heavy (non-hydrogen) atoms. The summed E-state index contributed by atoms with van der Waals surface area (Å²) in [6, 6.07) is 3.98. The van der Waals surface area contributed by atoms with Gasteiger partial charge in [-0.05, 0) is 25.1 Å². The number of carbonyl (C=O) groups is 1. The average Bonchev–Trinajstić information content (AvgIpc) is 2.38. The minimum absolute atomic E-state index is 0.0876. The first-order chi connectivity index (χ1) is 9.08. The second-order valence-corrected chi connectivity index (χ2v) is 4.91. The van der Waals surface area contributed by atoms with Crippen molar-refractivity contribution in [2.75, 3.05) is 26.2 Å². The quantitative estimate of drug-likeness (QED) is 0.919. The maximum atomic E-state index is 12.9. The minimum Gasteiger partial charge on any atom is -0.482 e. The standard InChI is InChI=1S/C13H16ClFN2O2/c1-9-7-16-4-5-17(9)13(18)8-19-12-3-2-10(15)6-11(12)14/h2-3,6,9,16H,4-5,7-8H2,1H3. The second kappa shape index (κ2) is 6.21. The summed E-state index contributed by atoms with van der Waals surface area (Å²) >= 11 is 5.83. The van der Waals surface area contributed by atoms with Crippen molar-refractivity contribution < 1.29 is 13.9 Å². The number of amides is 1. The summed E-state index contributed by atoms with van der Waals surface area (Å²) in [5.41, 5.74) is 0. The molecular weight excluding hydrogens is 271 g/mol. The Kier molecular flexibility index (Phi) is 4.61. The fourth-order valence-corrected chi connectivity index (χ4v) is 2.25. The molecule has 4 nitrogen and oxygen atoms in total. The van der Waals surface area contributed by atoms with Crippen molar-refractivity contribution in [2.45, 2.75) is 13.0 Å². The van der Waals surface area contributed by atoms with Gasteiger partial charge in [-0.2, -0.15) is 0 Å². The summed E-state index contributed by atoms with van der Waals surface area (Å²) in [6.45, 7) is 4.13. The van der Waals surface area contributed by atoms with Gasteiger partial charge in [0.05, 0.1) is 5.02 Å². The number of rotatable bonds is 3. The zero-order valence-electron chi connectivity index (χ0n) is 10.7. The molecule has 0 aromatic heterocycles. The molecule has 0 radical (unpaired) electrons. The van der Waals surface area contributed by atoms with Crippen LogP contribution in [0.2, 0.25) is 5.02 Å². The van der Waals surface area contributed by atoms with E-state index in [0.717, 1.165) is 19.2 Å². The monoisotopic (exact) mass is 286 g/mol. The lowest BCUT2D eigenvalue weighted by Crippen LogP contribution is -2.53. The molecule has 1 unspecified atom stereocenters. The van der Waals surface area contributed by atoms with Crippen LogP contribution in [0.5, 0.6) is 5.75 Å². The number of nitrogens with one attached hydrogen (secondary N) is 1. The Hall–Kier alpha value is -1.33. The van der Waals surface area contributed by atoms with Crippen molar-refractivity contribution in [1.29, 1.82) is 0 Å². The Bertz CT molecular complexity index is 470. The first-order valence-corrected chi connectivity index (χ1v) is 6.54. The van der Waals surface area contributed by atoms with Gasteiger partial charge in [0.1, 0.15) is 11.6 Å². The van der Waals surface area contributed by atoms with Crippen LogP contribution in [0.1, 0.15) is 6.92 Å². The van der Waals surface area contributed by atoms with Gasteiger partial charge in [0.15, 0.2) is 6.61 Å². The molecule has 1 heterocycles. The van der Waals surface area contributed by atoms with Crippen molar-refractivity contribution in [3.8, 4) is 5.75 Å².